The van der Waals surface area contributed by atoms with Gasteiger partial charge in [0.05, 0.1) is 56.5 Å². The number of likely N-dealkylation sites (tertiary alicyclic amines) is 1. The van der Waals surface area contributed by atoms with E-state index in [4.69, 9.17) is 26.9 Å². The summed E-state index contributed by atoms with van der Waals surface area (Å²) < 4.78 is 5.97. The van der Waals surface area contributed by atoms with Crippen LogP contribution in [0.15, 0.2) is 75.8 Å². The molecule has 2 spiro atoms. The first-order valence-corrected chi connectivity index (χ1v) is 23.5. The summed E-state index contributed by atoms with van der Waals surface area (Å²) in [6, 6.07) is 6.26. The fraction of sp³-hybridized carbons (Fsp3) is 0.620. The Bertz CT molecular complexity index is 1890. The topological polar surface area (TPSA) is 202 Å². The third-order valence-corrected chi connectivity index (χ3v) is 13.8. The van der Waals surface area contributed by atoms with E-state index in [1.807, 2.05) is 53.1 Å². The Morgan fingerprint density at radius 2 is 1.78 bits per heavy atom. The van der Waals surface area contributed by atoms with Crippen LogP contribution >= 0.6 is 0 Å². The van der Waals surface area contributed by atoms with E-state index in [0.29, 0.717) is 66.2 Å². The number of quaternary nitrogens is 1. The molecule has 4 aliphatic heterocycles. The number of phenolic OH excluding ortho intramolecular Hbond substituents is 1. The third-order valence-electron chi connectivity index (χ3n) is 13.8. The average Bonchev–Trinajstić information content (AvgIpc) is 3.74. The maximum Gasteiger partial charge on any atom is 0.328 e. The number of carbonyl (C=O) groups excluding carboxylic acids is 3. The summed E-state index contributed by atoms with van der Waals surface area (Å²) in [5.74, 6) is 1.07. The number of nitrogens with one attached hydrogen (secondary N) is 1. The number of aromatic hydroxyl groups is 1. The number of aldehydes is 1. The van der Waals surface area contributed by atoms with Crippen LogP contribution in [-0.4, -0.2) is 129 Å². The first-order valence-electron chi connectivity index (χ1n) is 23.5. The molecule has 4 atom stereocenters. The van der Waals surface area contributed by atoms with Crippen LogP contribution in [0.4, 0.5) is 0 Å². The standard InChI is InChI=1S/C35H49N7O2.C13H24N2O3.C2H6/c1-3-25-7-6-12-41(32(34(37)38)16-31(36)30-8-4-5-9-33(30)44)21-29(15-25)40-20-28(19-39-2)27-10-13-42(14-11-27)23-35(24-42)17-26(18-35)22-43;1-13(2,3)10(14-4)11(16)15-8-6-7-9(15)12(17)18-5;1-2/h4-9,16,19-20,22,25-27,29H,2-3,10-15,17-18,21,23-24,36-38H2,1H3;9-10,14H,6-8H2,1-5H3;1-2H3/p+1/b7-6-,28-19+,31-16-,40-20?;;. The molecule has 1 aromatic rings. The van der Waals surface area contributed by atoms with Gasteiger partial charge >= 0.3 is 5.97 Å². The second-order valence-corrected chi connectivity index (χ2v) is 19.4. The molecule has 4 fully saturated rings. The number of rotatable bonds is 12. The van der Waals surface area contributed by atoms with E-state index in [-0.39, 0.29) is 40.9 Å². The lowest BCUT2D eigenvalue weighted by Crippen LogP contribution is -2.74. The van der Waals surface area contributed by atoms with E-state index in [2.05, 4.69) is 41.0 Å². The first-order chi connectivity index (χ1) is 30.5. The van der Waals surface area contributed by atoms with E-state index in [1.54, 1.807) is 36.2 Å². The maximum absolute atomic E-state index is 12.5. The molecule has 5 aliphatic rings. The van der Waals surface area contributed by atoms with Crippen molar-refractivity contribution in [2.24, 2.45) is 55.8 Å². The maximum atomic E-state index is 12.5. The summed E-state index contributed by atoms with van der Waals surface area (Å²) in [7, 11) is 3.14. The number of ether oxygens (including phenoxy) is 1. The van der Waals surface area contributed by atoms with Gasteiger partial charge in [-0.05, 0) is 93.3 Å². The largest absolute Gasteiger partial charge is 0.507 e. The van der Waals surface area contributed by atoms with Gasteiger partial charge in [-0.25, -0.2) is 4.79 Å². The van der Waals surface area contributed by atoms with Crippen LogP contribution in [0, 0.1) is 28.6 Å². The van der Waals surface area contributed by atoms with E-state index >= 15 is 0 Å². The minimum Gasteiger partial charge on any atom is -0.507 e. The Morgan fingerprint density at radius 1 is 1.11 bits per heavy atom. The van der Waals surface area contributed by atoms with Crippen LogP contribution in [0.2, 0.25) is 0 Å². The lowest BCUT2D eigenvalue weighted by atomic mass is 9.56. The summed E-state index contributed by atoms with van der Waals surface area (Å²) in [6.07, 6.45) is 19.2. The van der Waals surface area contributed by atoms with Gasteiger partial charge in [0.25, 0.3) is 0 Å². The van der Waals surface area contributed by atoms with Crippen LogP contribution in [0.3, 0.4) is 0 Å². The smallest absolute Gasteiger partial charge is 0.328 e. The molecule has 4 heterocycles. The zero-order chi connectivity index (χ0) is 47.2. The monoisotopic (exact) mass is 887 g/mol. The van der Waals surface area contributed by atoms with Crippen molar-refractivity contribution in [2.45, 2.75) is 111 Å². The highest BCUT2D eigenvalue weighted by molar-refractivity contribution is 5.88. The third kappa shape index (κ3) is 12.9. The molecule has 1 amide bonds. The van der Waals surface area contributed by atoms with Crippen LogP contribution in [-0.2, 0) is 19.1 Å². The number of phenols is 1. The van der Waals surface area contributed by atoms with Gasteiger partial charge < -0.3 is 51.4 Å². The molecular weight excluding hydrogens is 807 g/mol. The fourth-order valence-electron chi connectivity index (χ4n) is 10.7. The normalized spacial score (nSPS) is 29.1. The zero-order valence-corrected chi connectivity index (χ0v) is 40.1. The molecule has 8 N–H and O–H groups in total. The van der Waals surface area contributed by atoms with Gasteiger partial charge in [-0.15, -0.1) is 0 Å². The SMILES string of the molecule is C=N/C=C(\C=NC1CC(CC)/C=C\CN(C(/C=C(\N)c2ccccc2O)=C(N)N)C1)C1CC[N+]2(CC1)CC1(CC(C=O)C1)C2.CC.CNC(C(=O)N1CCCC1C(=O)OC)C(C)(C)C. The number of likely N-dealkylation sites (N-methyl/N-ethyl adjacent to an activating group) is 1. The van der Waals surface area contributed by atoms with Crippen molar-refractivity contribution < 1.29 is 28.7 Å². The summed E-state index contributed by atoms with van der Waals surface area (Å²) >= 11 is 0. The van der Waals surface area contributed by atoms with Gasteiger partial charge in [-0.2, -0.15) is 0 Å². The van der Waals surface area contributed by atoms with Crippen molar-refractivity contribution in [1.29, 1.82) is 0 Å². The Hall–Kier alpha value is -4.95. The number of amides is 1. The summed E-state index contributed by atoms with van der Waals surface area (Å²) in [5, 5.41) is 13.4. The minimum atomic E-state index is -0.416. The van der Waals surface area contributed by atoms with Crippen molar-refractivity contribution in [3.05, 3.63) is 71.3 Å². The Kier molecular flexibility index (Phi) is 18.8. The number of methoxy groups -OCH3 is 1. The first kappa shape index (κ1) is 51.7. The van der Waals surface area contributed by atoms with Gasteiger partial charge in [-0.1, -0.05) is 65.8 Å². The van der Waals surface area contributed by atoms with Crippen molar-refractivity contribution >= 4 is 36.8 Å². The minimum absolute atomic E-state index is 0.00815. The van der Waals surface area contributed by atoms with E-state index in [9.17, 15) is 19.5 Å². The number of esters is 1. The molecule has 0 radical (unpaired) electrons. The Labute approximate surface area is 383 Å². The lowest BCUT2D eigenvalue weighted by molar-refractivity contribution is -0.991. The molecule has 1 aromatic carbocycles. The van der Waals surface area contributed by atoms with Crippen LogP contribution in [0.1, 0.15) is 98.5 Å². The van der Waals surface area contributed by atoms with Gasteiger partial charge in [0.15, 0.2) is 0 Å². The van der Waals surface area contributed by atoms with Crippen molar-refractivity contribution in [3.63, 3.8) is 0 Å². The quantitative estimate of drug-likeness (QED) is 0.0431. The number of piperidine rings is 1. The van der Waals surface area contributed by atoms with Gasteiger partial charge in [0, 0.05) is 62.1 Å². The average molecular weight is 887 g/mol. The lowest BCUT2D eigenvalue weighted by Gasteiger charge is -2.64. The van der Waals surface area contributed by atoms with Crippen LogP contribution in [0.5, 0.6) is 5.75 Å². The van der Waals surface area contributed by atoms with Gasteiger partial charge in [0.1, 0.15) is 23.9 Å². The van der Waals surface area contributed by atoms with Crippen LogP contribution < -0.4 is 22.5 Å². The number of allylic oxidation sites excluding steroid dienone is 3. The zero-order valence-electron chi connectivity index (χ0n) is 40.1. The summed E-state index contributed by atoms with van der Waals surface area (Å²) in [6.45, 7) is 22.7. The highest BCUT2D eigenvalue weighted by Crippen LogP contribution is 2.55. The van der Waals surface area contributed by atoms with Crippen molar-refractivity contribution in [1.82, 2.24) is 15.1 Å². The van der Waals surface area contributed by atoms with Crippen LogP contribution in [0.25, 0.3) is 5.70 Å². The predicted molar refractivity (Wildman–Crippen MR) is 259 cm³/mol. The molecule has 64 heavy (non-hydrogen) atoms. The molecule has 14 heteroatoms. The van der Waals surface area contributed by atoms with Gasteiger partial charge in [-0.3, -0.25) is 14.8 Å². The molecule has 1 saturated carbocycles. The molecule has 1 aliphatic carbocycles. The summed E-state index contributed by atoms with van der Waals surface area (Å²) in [5.41, 5.74) is 21.8. The molecule has 14 nitrogen and oxygen atoms in total. The number of nitrogens with zero attached hydrogens (tertiary/aromatic N) is 5. The second kappa shape index (κ2) is 23.3. The fourth-order valence-corrected chi connectivity index (χ4v) is 10.7. The summed E-state index contributed by atoms with van der Waals surface area (Å²) in [4.78, 5) is 48.4. The number of benzene rings is 1. The molecule has 4 unspecified atom stereocenters. The molecule has 354 valence electrons. The van der Waals surface area contributed by atoms with E-state index < -0.39 is 6.04 Å². The van der Waals surface area contributed by atoms with Crippen molar-refractivity contribution in [3.8, 4) is 5.75 Å². The van der Waals surface area contributed by atoms with Gasteiger partial charge in [0.2, 0.25) is 5.91 Å². The van der Waals surface area contributed by atoms with E-state index in [1.165, 1.54) is 37.8 Å². The number of aliphatic imine (C=N–C) groups is 2. The number of hydrogen-bond acceptors (Lipinski definition) is 12. The molecule has 0 aromatic heterocycles. The molecule has 6 rings (SSSR count). The van der Waals surface area contributed by atoms with Crippen molar-refractivity contribution in [2.75, 3.05) is 60.0 Å². The number of carbonyl (C=O) groups is 3. The predicted octanol–water partition coefficient (Wildman–Crippen LogP) is 5.74. The molecule has 3 saturated heterocycles. The number of hydrogen-bond donors (Lipinski definition) is 5. The highest BCUT2D eigenvalue weighted by Gasteiger charge is 2.62. The highest BCUT2D eigenvalue weighted by atomic mass is 16.5. The number of para-hydroxylation sites is 1. The van der Waals surface area contributed by atoms with E-state index in [0.717, 1.165) is 56.8 Å². The molecular formula is C50H80N9O5+. The second-order valence-electron chi connectivity index (χ2n) is 19.4. The number of nitrogens with two attached hydrogens (primary N) is 3. The Balaban J connectivity index is 0.000000376. The Morgan fingerprint density at radius 3 is 2.34 bits per heavy atom. The molecule has 0 bridgehead atoms.